The fourth-order valence-electron chi connectivity index (χ4n) is 1.69. The number of carbonyl (C=O) groups is 1. The SMILES string of the molecule is O=C/C=C\n1cnc(-c2cc(C(F)(F)F)cc(C(F)(F)F)c2)n1. The lowest BCUT2D eigenvalue weighted by molar-refractivity contribution is -0.143. The molecule has 0 fully saturated rings. The lowest BCUT2D eigenvalue weighted by Crippen LogP contribution is -2.11. The highest BCUT2D eigenvalue weighted by Gasteiger charge is 2.37. The van der Waals surface area contributed by atoms with E-state index >= 15 is 0 Å². The number of aromatic nitrogens is 3. The molecule has 0 N–H and O–H groups in total. The molecule has 0 spiro atoms. The summed E-state index contributed by atoms with van der Waals surface area (Å²) in [5.74, 6) is -0.336. The molecule has 0 amide bonds. The molecule has 10 heteroatoms. The van der Waals surface area contributed by atoms with Gasteiger partial charge in [-0.25, -0.2) is 9.67 Å². The molecule has 4 nitrogen and oxygen atoms in total. The summed E-state index contributed by atoms with van der Waals surface area (Å²) in [6.45, 7) is 0. The zero-order valence-electron chi connectivity index (χ0n) is 11.1. The normalized spacial score (nSPS) is 12.8. The van der Waals surface area contributed by atoms with E-state index in [1.165, 1.54) is 0 Å². The van der Waals surface area contributed by atoms with E-state index in [9.17, 15) is 31.1 Å². The number of alkyl halides is 6. The van der Waals surface area contributed by atoms with E-state index < -0.39 is 29.0 Å². The second-order valence-electron chi connectivity index (χ2n) is 4.32. The van der Waals surface area contributed by atoms with Crippen LogP contribution in [0.5, 0.6) is 0 Å². The largest absolute Gasteiger partial charge is 0.416 e. The van der Waals surface area contributed by atoms with Crippen LogP contribution in [0.4, 0.5) is 26.3 Å². The van der Waals surface area contributed by atoms with Crippen molar-refractivity contribution in [1.82, 2.24) is 14.8 Å². The van der Waals surface area contributed by atoms with Crippen LogP contribution in [0.2, 0.25) is 0 Å². The molecule has 2 rings (SSSR count). The van der Waals surface area contributed by atoms with Gasteiger partial charge >= 0.3 is 12.4 Å². The Kier molecular flexibility index (Phi) is 4.26. The Morgan fingerprint density at radius 2 is 1.52 bits per heavy atom. The van der Waals surface area contributed by atoms with Gasteiger partial charge in [0.1, 0.15) is 12.6 Å². The maximum Gasteiger partial charge on any atom is 0.416 e. The van der Waals surface area contributed by atoms with E-state index in [0.29, 0.717) is 18.4 Å². The highest BCUT2D eigenvalue weighted by Crippen LogP contribution is 2.37. The molecule has 1 aromatic heterocycles. The molecule has 1 heterocycles. The summed E-state index contributed by atoms with van der Waals surface area (Å²) in [6, 6.07) is 1.07. The minimum atomic E-state index is -4.95. The average molecular weight is 335 g/mol. The minimum absolute atomic E-state index is 0.0206. The minimum Gasteiger partial charge on any atom is -0.299 e. The maximum atomic E-state index is 12.8. The summed E-state index contributed by atoms with van der Waals surface area (Å²) in [5, 5.41) is 3.69. The Hall–Kier alpha value is -2.65. The molecule has 0 aliphatic carbocycles. The highest BCUT2D eigenvalue weighted by atomic mass is 19.4. The molecule has 0 aliphatic rings. The van der Waals surface area contributed by atoms with Crippen molar-refractivity contribution in [3.63, 3.8) is 0 Å². The van der Waals surface area contributed by atoms with E-state index in [1.54, 1.807) is 0 Å². The van der Waals surface area contributed by atoms with Gasteiger partial charge in [-0.1, -0.05) is 0 Å². The van der Waals surface area contributed by atoms with Crippen LogP contribution in [0, 0.1) is 0 Å². The first-order chi connectivity index (χ1) is 10.6. The van der Waals surface area contributed by atoms with Crippen molar-refractivity contribution in [2.45, 2.75) is 12.4 Å². The van der Waals surface area contributed by atoms with Crippen LogP contribution in [0.15, 0.2) is 30.6 Å². The Morgan fingerprint density at radius 1 is 0.957 bits per heavy atom. The zero-order chi connectivity index (χ0) is 17.3. The van der Waals surface area contributed by atoms with Crippen LogP contribution in [-0.2, 0) is 17.1 Å². The van der Waals surface area contributed by atoms with E-state index in [2.05, 4.69) is 10.1 Å². The zero-order valence-corrected chi connectivity index (χ0v) is 11.1. The molecule has 0 atom stereocenters. The van der Waals surface area contributed by atoms with Crippen molar-refractivity contribution in [1.29, 1.82) is 0 Å². The van der Waals surface area contributed by atoms with Crippen molar-refractivity contribution in [3.05, 3.63) is 41.7 Å². The number of benzene rings is 1. The Morgan fingerprint density at radius 3 is 2.00 bits per heavy atom. The first-order valence-electron chi connectivity index (χ1n) is 5.94. The van der Waals surface area contributed by atoms with Gasteiger partial charge in [0.2, 0.25) is 0 Å². The fraction of sp³-hybridized carbons (Fsp3) is 0.154. The van der Waals surface area contributed by atoms with E-state index in [-0.39, 0.29) is 11.9 Å². The van der Waals surface area contributed by atoms with Crippen molar-refractivity contribution in [2.75, 3.05) is 0 Å². The summed E-state index contributed by atoms with van der Waals surface area (Å²) in [6.07, 6.45) is -6.25. The van der Waals surface area contributed by atoms with Gasteiger partial charge in [0.05, 0.1) is 11.1 Å². The van der Waals surface area contributed by atoms with Crippen LogP contribution in [-0.4, -0.2) is 21.1 Å². The van der Waals surface area contributed by atoms with Gasteiger partial charge in [-0.05, 0) is 24.3 Å². The molecule has 0 radical (unpaired) electrons. The van der Waals surface area contributed by atoms with Crippen LogP contribution in [0.25, 0.3) is 17.6 Å². The number of hydrogen-bond donors (Lipinski definition) is 0. The molecule has 0 aliphatic heterocycles. The Balaban J connectivity index is 2.55. The second kappa shape index (κ2) is 5.86. The molecule has 2 aromatic rings. The molecule has 0 unspecified atom stereocenters. The van der Waals surface area contributed by atoms with Crippen LogP contribution >= 0.6 is 0 Å². The van der Waals surface area contributed by atoms with Gasteiger partial charge in [0, 0.05) is 11.8 Å². The second-order valence-corrected chi connectivity index (χ2v) is 4.32. The van der Waals surface area contributed by atoms with Gasteiger partial charge < -0.3 is 0 Å². The van der Waals surface area contributed by atoms with Gasteiger partial charge in [0.15, 0.2) is 5.82 Å². The number of rotatable bonds is 3. The third-order valence-electron chi connectivity index (χ3n) is 2.67. The molecule has 122 valence electrons. The topological polar surface area (TPSA) is 47.8 Å². The monoisotopic (exact) mass is 335 g/mol. The molecule has 23 heavy (non-hydrogen) atoms. The van der Waals surface area contributed by atoms with Gasteiger partial charge in [-0.3, -0.25) is 4.79 Å². The van der Waals surface area contributed by atoms with Crippen LogP contribution in [0.1, 0.15) is 11.1 Å². The smallest absolute Gasteiger partial charge is 0.299 e. The standard InChI is InChI=1S/C13H7F6N3O/c14-12(15,16)9-4-8(5-10(6-9)13(17,18)19)11-20-7-22(21-11)2-1-3-23/h1-7H/b2-1-. The lowest BCUT2D eigenvalue weighted by Gasteiger charge is -2.13. The molecular formula is C13H7F6N3O. The quantitative estimate of drug-likeness (QED) is 0.489. The molecule has 1 aromatic carbocycles. The Labute approximate surface area is 125 Å². The number of nitrogens with zero attached hydrogens (tertiary/aromatic N) is 3. The molecule has 0 saturated heterocycles. The maximum absolute atomic E-state index is 12.8. The number of hydrogen-bond acceptors (Lipinski definition) is 3. The summed E-state index contributed by atoms with van der Waals surface area (Å²) >= 11 is 0. The van der Waals surface area contributed by atoms with Crippen LogP contribution in [0.3, 0.4) is 0 Å². The molecule has 0 saturated carbocycles. The summed E-state index contributed by atoms with van der Waals surface area (Å²) in [4.78, 5) is 13.8. The third-order valence-corrected chi connectivity index (χ3v) is 2.67. The lowest BCUT2D eigenvalue weighted by atomic mass is 10.0. The average Bonchev–Trinajstić information content (AvgIpc) is 2.91. The van der Waals surface area contributed by atoms with E-state index in [0.717, 1.165) is 23.3 Å². The van der Waals surface area contributed by atoms with E-state index in [4.69, 9.17) is 0 Å². The highest BCUT2D eigenvalue weighted by molar-refractivity contribution is 5.69. The van der Waals surface area contributed by atoms with Gasteiger partial charge in [0.25, 0.3) is 0 Å². The van der Waals surface area contributed by atoms with Crippen LogP contribution < -0.4 is 0 Å². The van der Waals surface area contributed by atoms with Gasteiger partial charge in [-0.15, -0.1) is 5.10 Å². The van der Waals surface area contributed by atoms with Crippen molar-refractivity contribution >= 4 is 12.5 Å². The van der Waals surface area contributed by atoms with E-state index in [1.807, 2.05) is 0 Å². The fourth-order valence-corrected chi connectivity index (χ4v) is 1.69. The number of halogens is 6. The van der Waals surface area contributed by atoms with Crippen molar-refractivity contribution in [3.8, 4) is 11.4 Å². The first-order valence-corrected chi connectivity index (χ1v) is 5.94. The molecular weight excluding hydrogens is 328 g/mol. The molecule has 0 bridgehead atoms. The Bertz CT molecular complexity index is 713. The number of allylic oxidation sites excluding steroid dienone is 1. The third kappa shape index (κ3) is 3.96. The summed E-state index contributed by atoms with van der Waals surface area (Å²) < 4.78 is 77.5. The van der Waals surface area contributed by atoms with Crippen molar-refractivity contribution < 1.29 is 31.1 Å². The number of aldehydes is 1. The predicted octanol–water partition coefficient (Wildman–Crippen LogP) is 3.65. The summed E-state index contributed by atoms with van der Waals surface area (Å²) in [7, 11) is 0. The summed E-state index contributed by atoms with van der Waals surface area (Å²) in [5.41, 5.74) is -3.35. The number of carbonyl (C=O) groups excluding carboxylic acids is 1. The predicted molar refractivity (Wildman–Crippen MR) is 66.9 cm³/mol. The first kappa shape index (κ1) is 16.7. The van der Waals surface area contributed by atoms with Gasteiger partial charge in [-0.2, -0.15) is 26.3 Å². The van der Waals surface area contributed by atoms with Crippen molar-refractivity contribution in [2.24, 2.45) is 0 Å².